The molecule has 1 amide bonds. The summed E-state index contributed by atoms with van der Waals surface area (Å²) in [6.45, 7) is 1.51. The van der Waals surface area contributed by atoms with E-state index >= 15 is 0 Å². The topological polar surface area (TPSA) is 307 Å². The monoisotopic (exact) mass is 1060 g/mol. The number of nitrogens with one attached hydrogen (secondary N) is 1. The summed E-state index contributed by atoms with van der Waals surface area (Å²) in [6.07, 6.45) is 16.2. The van der Waals surface area contributed by atoms with E-state index in [1.165, 1.54) is 32.1 Å². The van der Waals surface area contributed by atoms with E-state index in [0.29, 0.717) is 6.42 Å². The maximum absolute atomic E-state index is 13.2. The van der Waals surface area contributed by atoms with Crippen molar-refractivity contribution >= 4 is 5.91 Å². The van der Waals surface area contributed by atoms with Crippen molar-refractivity contribution in [2.24, 2.45) is 0 Å². The fraction of sp³-hybridized carbons (Fsp3) is 0.764. The maximum Gasteiger partial charge on any atom is 0.220 e. The molecule has 3 rings (SSSR count). The highest BCUT2D eigenvalue weighted by atomic mass is 16.8. The minimum atomic E-state index is -1.98. The zero-order valence-corrected chi connectivity index (χ0v) is 43.8. The Bertz CT molecular complexity index is 1640. The van der Waals surface area contributed by atoms with Gasteiger partial charge in [-0.05, 0) is 64.2 Å². The molecule has 0 spiro atoms. The van der Waals surface area contributed by atoms with Gasteiger partial charge in [-0.15, -0.1) is 0 Å². The summed E-state index contributed by atoms with van der Waals surface area (Å²) < 4.78 is 34.1. The third kappa shape index (κ3) is 23.5. The molecule has 0 saturated carbocycles. The fourth-order valence-corrected chi connectivity index (χ4v) is 8.74. The molecule has 426 valence electrons. The van der Waals surface area contributed by atoms with Crippen molar-refractivity contribution in [3.05, 3.63) is 72.9 Å². The summed E-state index contributed by atoms with van der Waals surface area (Å²) in [5.74, 6) is -0.314. The largest absolute Gasteiger partial charge is 0.394 e. The number of carbonyl (C=O) groups excluding carboxylic acids is 1. The predicted molar refractivity (Wildman–Crippen MR) is 277 cm³/mol. The van der Waals surface area contributed by atoms with Crippen molar-refractivity contribution < 1.29 is 89.4 Å². The molecule has 3 aliphatic rings. The second-order valence-corrected chi connectivity index (χ2v) is 19.3. The number of hydrogen-bond donors (Lipinski definition) is 12. The van der Waals surface area contributed by atoms with Crippen LogP contribution in [-0.2, 0) is 33.2 Å². The third-order valence-electron chi connectivity index (χ3n) is 13.3. The molecule has 3 saturated heterocycles. The number of carbonyl (C=O) groups is 1. The van der Waals surface area contributed by atoms with E-state index in [-0.39, 0.29) is 18.9 Å². The Hall–Kier alpha value is -2.77. The maximum atomic E-state index is 13.2. The fourth-order valence-electron chi connectivity index (χ4n) is 8.74. The van der Waals surface area contributed by atoms with E-state index in [2.05, 4.69) is 79.9 Å². The van der Waals surface area contributed by atoms with Crippen molar-refractivity contribution in [3.8, 4) is 0 Å². The van der Waals surface area contributed by atoms with Crippen molar-refractivity contribution in [3.63, 3.8) is 0 Å². The van der Waals surface area contributed by atoms with Crippen LogP contribution in [0.4, 0.5) is 0 Å². The van der Waals surface area contributed by atoms with Gasteiger partial charge in [-0.2, -0.15) is 0 Å². The first-order chi connectivity index (χ1) is 35.8. The van der Waals surface area contributed by atoms with Crippen LogP contribution < -0.4 is 5.32 Å². The lowest BCUT2D eigenvalue weighted by Gasteiger charge is -2.48. The SMILES string of the molecule is CC/C=C\C/C=C\C/C=C\C/C=C\C/C=C\CCCCCC(=O)NC(COC1OC(CO)C(OC2OC(CO)C(OC3OC(CO)C(O)C(O)C3O)C(O)C2O)C(O)C1O)C(O)/C=C/CCCCCCCCCC. The van der Waals surface area contributed by atoms with E-state index in [1.54, 1.807) is 6.08 Å². The van der Waals surface area contributed by atoms with Crippen molar-refractivity contribution in [2.45, 2.75) is 240 Å². The molecule has 74 heavy (non-hydrogen) atoms. The Morgan fingerprint density at radius 1 is 0.500 bits per heavy atom. The molecule has 17 atom stereocenters. The molecular formula is C55H93NO18. The zero-order valence-electron chi connectivity index (χ0n) is 43.8. The molecular weight excluding hydrogens is 963 g/mol. The highest BCUT2D eigenvalue weighted by molar-refractivity contribution is 5.76. The summed E-state index contributed by atoms with van der Waals surface area (Å²) in [6, 6.07) is -0.992. The molecule has 19 nitrogen and oxygen atoms in total. The van der Waals surface area contributed by atoms with Crippen LogP contribution in [0, 0.1) is 0 Å². The molecule has 0 aromatic rings. The van der Waals surface area contributed by atoms with Gasteiger partial charge in [0.15, 0.2) is 18.9 Å². The molecule has 0 aromatic carbocycles. The molecule has 3 fully saturated rings. The summed E-state index contributed by atoms with van der Waals surface area (Å²) >= 11 is 0. The molecule has 0 bridgehead atoms. The molecule has 17 unspecified atom stereocenters. The normalized spacial score (nSPS) is 32.0. The average Bonchev–Trinajstić information content (AvgIpc) is 3.40. The zero-order chi connectivity index (χ0) is 54.1. The van der Waals surface area contributed by atoms with Crippen molar-refractivity contribution in [1.82, 2.24) is 5.32 Å². The number of unbranched alkanes of at least 4 members (excludes halogenated alkanes) is 11. The minimum Gasteiger partial charge on any atom is -0.394 e. The van der Waals surface area contributed by atoms with Crippen LogP contribution in [0.5, 0.6) is 0 Å². The summed E-state index contributed by atoms with van der Waals surface area (Å²) in [7, 11) is 0. The van der Waals surface area contributed by atoms with E-state index in [1.807, 2.05) is 6.08 Å². The number of ether oxygens (including phenoxy) is 6. The second kappa shape index (κ2) is 38.7. The summed E-state index contributed by atoms with van der Waals surface area (Å²) in [4.78, 5) is 13.2. The molecule has 12 N–H and O–H groups in total. The van der Waals surface area contributed by atoms with Crippen LogP contribution in [-0.4, -0.2) is 193 Å². The lowest BCUT2D eigenvalue weighted by Crippen LogP contribution is -2.66. The number of amides is 1. The lowest BCUT2D eigenvalue weighted by atomic mass is 9.96. The van der Waals surface area contributed by atoms with Crippen molar-refractivity contribution in [2.75, 3.05) is 26.4 Å². The van der Waals surface area contributed by atoms with Crippen LogP contribution in [0.1, 0.15) is 136 Å². The quantitative estimate of drug-likeness (QED) is 0.0314. The van der Waals surface area contributed by atoms with Gasteiger partial charge in [-0.25, -0.2) is 0 Å². The number of aliphatic hydroxyl groups is 11. The van der Waals surface area contributed by atoms with Crippen LogP contribution >= 0.6 is 0 Å². The van der Waals surface area contributed by atoms with Gasteiger partial charge in [0, 0.05) is 6.42 Å². The highest BCUT2D eigenvalue weighted by Crippen LogP contribution is 2.33. The van der Waals surface area contributed by atoms with Gasteiger partial charge >= 0.3 is 0 Å². The van der Waals surface area contributed by atoms with Gasteiger partial charge in [0.2, 0.25) is 5.91 Å². The van der Waals surface area contributed by atoms with Gasteiger partial charge in [0.1, 0.15) is 73.2 Å². The minimum absolute atomic E-state index is 0.200. The standard InChI is InChI=1S/C55H93NO18/c1-3-5-7-9-11-13-15-16-17-18-19-20-21-22-23-25-27-29-31-33-43(61)56-38(39(60)32-30-28-26-24-14-12-10-8-6-4-2)37-69-53-49(67)46(64)51(41(35-58)71-53)74-55-50(68)47(65)52(42(36-59)72-55)73-54-48(66)45(63)44(62)40(34-57)70-54/h5,7,11,13,16-17,19-20,22-23,30,32,38-42,44-55,57-60,62-68H,3-4,6,8-10,12,14-15,18,21,24-29,31,33-37H2,1-2H3,(H,56,61)/b7-5-,13-11-,17-16-,20-19-,23-22-,32-30+. The Balaban J connectivity index is 1.53. The van der Waals surface area contributed by atoms with E-state index < -0.39 is 124 Å². The Morgan fingerprint density at radius 3 is 1.46 bits per heavy atom. The first kappa shape index (κ1) is 65.5. The molecule has 3 heterocycles. The van der Waals surface area contributed by atoms with Crippen LogP contribution in [0.15, 0.2) is 72.9 Å². The summed E-state index contributed by atoms with van der Waals surface area (Å²) in [5, 5.41) is 120. The molecule has 0 aliphatic carbocycles. The Morgan fingerprint density at radius 2 is 0.932 bits per heavy atom. The molecule has 0 radical (unpaired) electrons. The van der Waals surface area contributed by atoms with Gasteiger partial charge in [0.05, 0.1) is 38.6 Å². The second-order valence-electron chi connectivity index (χ2n) is 19.3. The molecule has 19 heteroatoms. The van der Waals surface area contributed by atoms with E-state index in [4.69, 9.17) is 28.4 Å². The van der Waals surface area contributed by atoms with Gasteiger partial charge < -0.3 is 89.9 Å². The van der Waals surface area contributed by atoms with Gasteiger partial charge in [-0.1, -0.05) is 138 Å². The highest BCUT2D eigenvalue weighted by Gasteiger charge is 2.53. The Labute approximate surface area is 438 Å². The number of rotatable bonds is 37. The third-order valence-corrected chi connectivity index (χ3v) is 13.3. The van der Waals surface area contributed by atoms with Gasteiger partial charge in [-0.3, -0.25) is 4.79 Å². The van der Waals surface area contributed by atoms with E-state index in [0.717, 1.165) is 77.0 Å². The van der Waals surface area contributed by atoms with Crippen molar-refractivity contribution in [1.29, 1.82) is 0 Å². The number of hydrogen-bond acceptors (Lipinski definition) is 18. The smallest absolute Gasteiger partial charge is 0.220 e. The molecule has 3 aliphatic heterocycles. The molecule has 0 aromatic heterocycles. The van der Waals surface area contributed by atoms with Crippen LogP contribution in [0.3, 0.4) is 0 Å². The van der Waals surface area contributed by atoms with Crippen LogP contribution in [0.25, 0.3) is 0 Å². The summed E-state index contributed by atoms with van der Waals surface area (Å²) in [5.41, 5.74) is 0. The van der Waals surface area contributed by atoms with Crippen LogP contribution in [0.2, 0.25) is 0 Å². The number of allylic oxidation sites excluding steroid dienone is 11. The van der Waals surface area contributed by atoms with Gasteiger partial charge in [0.25, 0.3) is 0 Å². The first-order valence-electron chi connectivity index (χ1n) is 27.2. The first-order valence-corrected chi connectivity index (χ1v) is 27.2. The van der Waals surface area contributed by atoms with E-state index in [9.17, 15) is 61.0 Å². The Kier molecular flexibility index (Phi) is 34.3. The average molecular weight is 1060 g/mol. The number of aliphatic hydroxyl groups excluding tert-OH is 11. The predicted octanol–water partition coefficient (Wildman–Crippen LogP) is 3.09. The lowest BCUT2D eigenvalue weighted by molar-refractivity contribution is -0.379.